The fourth-order valence-corrected chi connectivity index (χ4v) is 4.17. The monoisotopic (exact) mass is 348 g/mol. The Balaban J connectivity index is 1.60. The van der Waals surface area contributed by atoms with Crippen LogP contribution in [0.25, 0.3) is 6.08 Å². The molecule has 1 heterocycles. The first-order valence-electron chi connectivity index (χ1n) is 7.20. The van der Waals surface area contributed by atoms with Crippen LogP contribution in [-0.4, -0.2) is 14.3 Å². The summed E-state index contributed by atoms with van der Waals surface area (Å²) in [4.78, 5) is 15.9. The second-order valence-electron chi connectivity index (χ2n) is 5.23. The number of fused-ring (bicyclic) bond motifs is 1. The van der Waals surface area contributed by atoms with Crippen molar-refractivity contribution in [1.29, 1.82) is 0 Å². The van der Waals surface area contributed by atoms with Crippen LogP contribution in [-0.2, 0) is 22.9 Å². The maximum Gasteiger partial charge on any atom is 0.276 e. The summed E-state index contributed by atoms with van der Waals surface area (Å²) in [7, 11) is -3.74. The number of nitrogens with one attached hydrogen (secondary N) is 2. The molecule has 1 aromatic carbocycles. The normalized spacial score (nSPS) is 14.1. The van der Waals surface area contributed by atoms with Crippen molar-refractivity contribution in [3.8, 4) is 0 Å². The minimum absolute atomic E-state index is 0.430. The predicted octanol–water partition coefficient (Wildman–Crippen LogP) is 2.47. The van der Waals surface area contributed by atoms with Crippen LogP contribution in [0, 0.1) is 0 Å². The van der Waals surface area contributed by atoms with Crippen molar-refractivity contribution in [1.82, 2.24) is 10.3 Å². The van der Waals surface area contributed by atoms with Crippen LogP contribution in [0.1, 0.15) is 32.1 Å². The van der Waals surface area contributed by atoms with E-state index < -0.39 is 15.9 Å². The van der Waals surface area contributed by atoms with Crippen LogP contribution in [0.3, 0.4) is 0 Å². The Labute approximate surface area is 139 Å². The summed E-state index contributed by atoms with van der Waals surface area (Å²) < 4.78 is 23.7. The number of amides is 1. The molecule has 2 N–H and O–H groups in total. The Morgan fingerprint density at radius 3 is 2.70 bits per heavy atom. The van der Waals surface area contributed by atoms with E-state index >= 15 is 0 Å². The van der Waals surface area contributed by atoms with Crippen LogP contribution < -0.4 is 10.3 Å². The van der Waals surface area contributed by atoms with E-state index in [4.69, 9.17) is 0 Å². The molecule has 0 bridgehead atoms. The number of hydrogen-bond acceptors (Lipinski definition) is 4. The number of rotatable bonds is 5. The fourth-order valence-electron chi connectivity index (χ4n) is 2.39. The third-order valence-electron chi connectivity index (χ3n) is 3.52. The average Bonchev–Trinajstić information content (AvgIpc) is 3.13. The second-order valence-corrected chi connectivity index (χ2v) is 7.93. The molecule has 1 aromatic heterocycles. The number of benzene rings is 1. The van der Waals surface area contributed by atoms with Crippen LogP contribution in [0.15, 0.2) is 41.8 Å². The van der Waals surface area contributed by atoms with Gasteiger partial charge in [0.1, 0.15) is 0 Å². The molecule has 0 spiro atoms. The first kappa shape index (κ1) is 15.9. The maximum atomic E-state index is 12.0. The molecule has 0 atom stereocenters. The largest absolute Gasteiger partial charge is 0.276 e. The van der Waals surface area contributed by atoms with Crippen molar-refractivity contribution in [2.75, 3.05) is 0 Å². The van der Waals surface area contributed by atoms with Gasteiger partial charge in [0.25, 0.3) is 15.9 Å². The van der Waals surface area contributed by atoms with E-state index in [0.717, 1.165) is 30.2 Å². The molecule has 3 rings (SSSR count). The second kappa shape index (κ2) is 6.66. The Morgan fingerprint density at radius 2 is 1.96 bits per heavy atom. The Morgan fingerprint density at radius 1 is 1.17 bits per heavy atom. The van der Waals surface area contributed by atoms with Gasteiger partial charge in [-0.25, -0.2) is 8.42 Å². The first-order chi connectivity index (χ1) is 11.0. The molecule has 0 aliphatic heterocycles. The predicted molar refractivity (Wildman–Crippen MR) is 91.3 cm³/mol. The molecule has 5 nitrogen and oxygen atoms in total. The third kappa shape index (κ3) is 4.07. The van der Waals surface area contributed by atoms with E-state index in [2.05, 4.69) is 10.3 Å². The van der Waals surface area contributed by atoms with Crippen molar-refractivity contribution < 1.29 is 13.2 Å². The van der Waals surface area contributed by atoms with E-state index in [1.54, 1.807) is 12.1 Å². The molecular weight excluding hydrogens is 332 g/mol. The van der Waals surface area contributed by atoms with Gasteiger partial charge in [-0.3, -0.25) is 10.2 Å². The quantitative estimate of drug-likeness (QED) is 0.815. The highest BCUT2D eigenvalue weighted by molar-refractivity contribution is 7.92. The molecule has 23 heavy (non-hydrogen) atoms. The van der Waals surface area contributed by atoms with Gasteiger partial charge in [0.05, 0.1) is 4.88 Å². The number of thiophene rings is 1. The van der Waals surface area contributed by atoms with Crippen LogP contribution in [0.5, 0.6) is 0 Å². The minimum Gasteiger partial charge on any atom is -0.273 e. The van der Waals surface area contributed by atoms with E-state index in [1.807, 2.05) is 24.3 Å². The van der Waals surface area contributed by atoms with Crippen LogP contribution >= 0.6 is 11.3 Å². The maximum absolute atomic E-state index is 12.0. The summed E-state index contributed by atoms with van der Waals surface area (Å²) in [5, 5.41) is 1.02. The van der Waals surface area contributed by atoms with Crippen LogP contribution in [0.2, 0.25) is 0 Å². The lowest BCUT2D eigenvalue weighted by Gasteiger charge is -2.04. The standard InChI is InChI=1S/C16H16N2O3S2/c19-16(15-11-13-7-4-8-14(13)22-15)17-18-23(20,21)10-9-12-5-2-1-3-6-12/h1-3,5-6,9-11,18H,4,7-8H2,(H,17,19)/b10-9+. The minimum atomic E-state index is -3.74. The first-order valence-corrected chi connectivity index (χ1v) is 9.57. The number of carbonyl (C=O) groups excluding carboxylic acids is 1. The molecule has 1 aliphatic rings. The Bertz CT molecular complexity index is 818. The number of aryl methyl sites for hydroxylation is 2. The molecule has 2 aromatic rings. The summed E-state index contributed by atoms with van der Waals surface area (Å²) in [6, 6.07) is 10.9. The zero-order valence-corrected chi connectivity index (χ0v) is 13.9. The number of carbonyl (C=O) groups is 1. The molecule has 1 amide bonds. The molecule has 7 heteroatoms. The number of sulfonamides is 1. The lowest BCUT2D eigenvalue weighted by molar-refractivity contribution is 0.0949. The lowest BCUT2D eigenvalue weighted by atomic mass is 10.2. The molecule has 1 aliphatic carbocycles. The topological polar surface area (TPSA) is 75.3 Å². The molecule has 0 saturated heterocycles. The van der Waals surface area contributed by atoms with E-state index in [9.17, 15) is 13.2 Å². The Hall–Kier alpha value is -1.96. The van der Waals surface area contributed by atoms with Crippen molar-refractivity contribution >= 4 is 33.3 Å². The van der Waals surface area contributed by atoms with Gasteiger partial charge in [-0.1, -0.05) is 30.3 Å². The van der Waals surface area contributed by atoms with E-state index in [0.29, 0.717) is 4.88 Å². The highest BCUT2D eigenvalue weighted by Crippen LogP contribution is 2.30. The highest BCUT2D eigenvalue weighted by Gasteiger charge is 2.19. The van der Waals surface area contributed by atoms with Gasteiger partial charge in [0, 0.05) is 10.3 Å². The van der Waals surface area contributed by atoms with Crippen molar-refractivity contribution in [3.05, 3.63) is 62.7 Å². The van der Waals surface area contributed by atoms with Gasteiger partial charge in [0.2, 0.25) is 0 Å². The van der Waals surface area contributed by atoms with Gasteiger partial charge in [-0.2, -0.15) is 0 Å². The SMILES string of the molecule is O=C(NNS(=O)(=O)/C=C/c1ccccc1)c1cc2c(s1)CCC2. The molecular formula is C16H16N2O3S2. The summed E-state index contributed by atoms with van der Waals surface area (Å²) in [6.45, 7) is 0. The van der Waals surface area contributed by atoms with E-state index in [1.165, 1.54) is 27.9 Å². The number of hydrogen-bond donors (Lipinski definition) is 2. The summed E-state index contributed by atoms with van der Waals surface area (Å²) >= 11 is 1.43. The number of hydrazine groups is 1. The molecule has 0 fully saturated rings. The zero-order valence-electron chi connectivity index (χ0n) is 12.3. The molecule has 120 valence electrons. The van der Waals surface area contributed by atoms with Gasteiger partial charge >= 0.3 is 0 Å². The van der Waals surface area contributed by atoms with Crippen LogP contribution in [0.4, 0.5) is 0 Å². The summed E-state index contributed by atoms with van der Waals surface area (Å²) in [5.74, 6) is -0.430. The zero-order chi connectivity index (χ0) is 16.3. The Kier molecular flexibility index (Phi) is 4.61. The van der Waals surface area contributed by atoms with Gasteiger partial charge in [0.15, 0.2) is 0 Å². The molecule has 0 unspecified atom stereocenters. The summed E-state index contributed by atoms with van der Waals surface area (Å²) in [5.41, 5.74) is 4.21. The summed E-state index contributed by atoms with van der Waals surface area (Å²) in [6.07, 6.45) is 4.58. The molecule has 0 saturated carbocycles. The van der Waals surface area contributed by atoms with Gasteiger partial charge < -0.3 is 0 Å². The average molecular weight is 348 g/mol. The van der Waals surface area contributed by atoms with Crippen molar-refractivity contribution in [2.24, 2.45) is 0 Å². The highest BCUT2D eigenvalue weighted by atomic mass is 32.2. The van der Waals surface area contributed by atoms with Crippen molar-refractivity contribution in [3.63, 3.8) is 0 Å². The fraction of sp³-hybridized carbons (Fsp3) is 0.188. The third-order valence-corrected chi connectivity index (χ3v) is 5.63. The van der Waals surface area contributed by atoms with Gasteiger partial charge in [-0.05, 0) is 42.5 Å². The van der Waals surface area contributed by atoms with Crippen molar-refractivity contribution in [2.45, 2.75) is 19.3 Å². The lowest BCUT2D eigenvalue weighted by Crippen LogP contribution is -2.40. The molecule has 0 radical (unpaired) electrons. The smallest absolute Gasteiger partial charge is 0.273 e. The van der Waals surface area contributed by atoms with E-state index in [-0.39, 0.29) is 0 Å². The van der Waals surface area contributed by atoms with Gasteiger partial charge in [-0.15, -0.1) is 16.2 Å².